The maximum atomic E-state index is 12.2. The van der Waals surface area contributed by atoms with E-state index in [1.807, 2.05) is 18.2 Å². The van der Waals surface area contributed by atoms with Gasteiger partial charge in [-0.3, -0.25) is 4.79 Å². The second-order valence-corrected chi connectivity index (χ2v) is 7.69. The summed E-state index contributed by atoms with van der Waals surface area (Å²) >= 11 is 1.75. The van der Waals surface area contributed by atoms with E-state index in [-0.39, 0.29) is 18.6 Å². The van der Waals surface area contributed by atoms with Gasteiger partial charge < -0.3 is 10.1 Å². The van der Waals surface area contributed by atoms with Crippen LogP contribution in [0.2, 0.25) is 0 Å². The molecule has 0 heterocycles. The molecular formula is C21H23NO3S. The second-order valence-electron chi connectivity index (χ2n) is 6.68. The number of thioether (sulfide) groups is 1. The number of ether oxygens (including phenoxy) is 1. The van der Waals surface area contributed by atoms with Crippen LogP contribution in [0.1, 0.15) is 39.9 Å². The number of aryl methyl sites for hydroxylation is 2. The summed E-state index contributed by atoms with van der Waals surface area (Å²) < 4.78 is 5.11. The molecule has 1 aliphatic carbocycles. The third-order valence-electron chi connectivity index (χ3n) is 4.16. The van der Waals surface area contributed by atoms with Crippen molar-refractivity contribution in [1.82, 2.24) is 5.32 Å². The summed E-state index contributed by atoms with van der Waals surface area (Å²) in [6.07, 6.45) is 2.03. The summed E-state index contributed by atoms with van der Waals surface area (Å²) in [6.45, 7) is 3.97. The predicted octanol–water partition coefficient (Wildman–Crippen LogP) is 4.03. The molecule has 0 atom stereocenters. The van der Waals surface area contributed by atoms with Gasteiger partial charge in [-0.25, -0.2) is 4.79 Å². The number of carbonyl (C=O) groups excluding carboxylic acids is 2. The number of esters is 1. The predicted molar refractivity (Wildman–Crippen MR) is 103 cm³/mol. The average Bonchev–Trinajstić information content (AvgIpc) is 3.43. The first-order valence-electron chi connectivity index (χ1n) is 8.77. The van der Waals surface area contributed by atoms with Gasteiger partial charge in [0, 0.05) is 16.7 Å². The Morgan fingerprint density at radius 1 is 1.15 bits per heavy atom. The van der Waals surface area contributed by atoms with Crippen LogP contribution < -0.4 is 5.32 Å². The number of hydrogen-bond acceptors (Lipinski definition) is 4. The first kappa shape index (κ1) is 18.5. The molecule has 0 unspecified atom stereocenters. The highest BCUT2D eigenvalue weighted by atomic mass is 32.2. The molecular weight excluding hydrogens is 346 g/mol. The fourth-order valence-corrected chi connectivity index (χ4v) is 3.57. The summed E-state index contributed by atoms with van der Waals surface area (Å²) in [5, 5.41) is 2.80. The monoisotopic (exact) mass is 369 g/mol. The smallest absolute Gasteiger partial charge is 0.338 e. The second kappa shape index (κ2) is 8.41. The van der Waals surface area contributed by atoms with Gasteiger partial charge in [-0.15, -0.1) is 11.8 Å². The fourth-order valence-electron chi connectivity index (χ4n) is 2.62. The number of rotatable bonds is 7. The summed E-state index contributed by atoms with van der Waals surface area (Å²) in [6, 6.07) is 14.1. The topological polar surface area (TPSA) is 55.4 Å². The summed E-state index contributed by atoms with van der Waals surface area (Å²) in [5.41, 5.74) is 4.03. The first-order chi connectivity index (χ1) is 12.5. The Kier molecular flexibility index (Phi) is 5.99. The maximum Gasteiger partial charge on any atom is 0.338 e. The van der Waals surface area contributed by atoms with Crippen molar-refractivity contribution in [3.8, 4) is 0 Å². The van der Waals surface area contributed by atoms with E-state index in [9.17, 15) is 9.59 Å². The third kappa shape index (κ3) is 5.36. The van der Waals surface area contributed by atoms with Gasteiger partial charge in [0.2, 0.25) is 0 Å². The normalized spacial score (nSPS) is 13.3. The van der Waals surface area contributed by atoms with Crippen LogP contribution in [-0.4, -0.2) is 24.5 Å². The highest BCUT2D eigenvalue weighted by Crippen LogP contribution is 2.27. The van der Waals surface area contributed by atoms with E-state index < -0.39 is 5.97 Å². The lowest BCUT2D eigenvalue weighted by molar-refractivity contribution is -0.124. The van der Waals surface area contributed by atoms with Crippen LogP contribution in [-0.2, 0) is 15.3 Å². The SMILES string of the molecule is Cc1ccc(SCc2cccc(C(=O)OCC(=O)NC3CC3)c2)c(C)c1. The zero-order valence-electron chi connectivity index (χ0n) is 15.1. The molecule has 5 heteroatoms. The van der Waals surface area contributed by atoms with E-state index in [0.717, 1.165) is 24.2 Å². The summed E-state index contributed by atoms with van der Waals surface area (Å²) in [5.74, 6) is 0.0735. The van der Waals surface area contributed by atoms with Gasteiger partial charge in [-0.1, -0.05) is 29.8 Å². The molecule has 0 spiro atoms. The molecule has 2 aromatic carbocycles. The molecule has 0 aliphatic heterocycles. The minimum Gasteiger partial charge on any atom is -0.452 e. The van der Waals surface area contributed by atoms with E-state index in [4.69, 9.17) is 4.74 Å². The van der Waals surface area contributed by atoms with Gasteiger partial charge in [0.15, 0.2) is 6.61 Å². The van der Waals surface area contributed by atoms with E-state index in [2.05, 4.69) is 37.4 Å². The van der Waals surface area contributed by atoms with Gasteiger partial charge in [0.25, 0.3) is 5.91 Å². The van der Waals surface area contributed by atoms with E-state index in [1.165, 1.54) is 16.0 Å². The molecule has 0 radical (unpaired) electrons. The van der Waals surface area contributed by atoms with E-state index in [1.54, 1.807) is 17.8 Å². The molecule has 0 saturated heterocycles. The van der Waals surface area contributed by atoms with Gasteiger partial charge in [-0.05, 0) is 56.0 Å². The zero-order chi connectivity index (χ0) is 18.5. The Morgan fingerprint density at radius 2 is 1.96 bits per heavy atom. The molecule has 4 nitrogen and oxygen atoms in total. The molecule has 1 aliphatic rings. The van der Waals surface area contributed by atoms with Gasteiger partial charge in [0.05, 0.1) is 5.56 Å². The van der Waals surface area contributed by atoms with Crippen LogP contribution in [0.5, 0.6) is 0 Å². The van der Waals surface area contributed by atoms with Crippen molar-refractivity contribution in [2.75, 3.05) is 6.61 Å². The Morgan fingerprint density at radius 3 is 2.69 bits per heavy atom. The van der Waals surface area contributed by atoms with Crippen molar-refractivity contribution < 1.29 is 14.3 Å². The Bertz CT molecular complexity index is 815. The molecule has 136 valence electrons. The Labute approximate surface area is 158 Å². The van der Waals surface area contributed by atoms with Crippen LogP contribution in [0.25, 0.3) is 0 Å². The summed E-state index contributed by atoms with van der Waals surface area (Å²) in [7, 11) is 0. The van der Waals surface area contributed by atoms with Crippen LogP contribution in [0.3, 0.4) is 0 Å². The molecule has 26 heavy (non-hydrogen) atoms. The van der Waals surface area contributed by atoms with E-state index >= 15 is 0 Å². The van der Waals surface area contributed by atoms with Crippen LogP contribution in [0.4, 0.5) is 0 Å². The molecule has 1 fully saturated rings. The van der Waals surface area contributed by atoms with Crippen LogP contribution in [0.15, 0.2) is 47.4 Å². The lowest BCUT2D eigenvalue weighted by Gasteiger charge is -2.09. The maximum absolute atomic E-state index is 12.2. The number of amides is 1. The van der Waals surface area contributed by atoms with Crippen LogP contribution >= 0.6 is 11.8 Å². The van der Waals surface area contributed by atoms with Crippen molar-refractivity contribution in [3.63, 3.8) is 0 Å². The molecule has 2 aromatic rings. The molecule has 0 bridgehead atoms. The average molecular weight is 369 g/mol. The Balaban J connectivity index is 1.54. The Hall–Kier alpha value is -2.27. The summed E-state index contributed by atoms with van der Waals surface area (Å²) in [4.78, 5) is 25.0. The molecule has 0 aromatic heterocycles. The van der Waals surface area contributed by atoms with Crippen molar-refractivity contribution in [1.29, 1.82) is 0 Å². The highest BCUT2D eigenvalue weighted by Gasteiger charge is 2.23. The number of nitrogens with one attached hydrogen (secondary N) is 1. The van der Waals surface area contributed by atoms with Crippen molar-refractivity contribution in [2.24, 2.45) is 0 Å². The van der Waals surface area contributed by atoms with Crippen LogP contribution in [0, 0.1) is 13.8 Å². The third-order valence-corrected chi connectivity index (χ3v) is 5.41. The lowest BCUT2D eigenvalue weighted by Crippen LogP contribution is -2.30. The van der Waals surface area contributed by atoms with Gasteiger partial charge in [0.1, 0.15) is 0 Å². The zero-order valence-corrected chi connectivity index (χ0v) is 15.9. The first-order valence-corrected chi connectivity index (χ1v) is 9.75. The molecule has 3 rings (SSSR count). The van der Waals surface area contributed by atoms with E-state index in [0.29, 0.717) is 5.56 Å². The number of carbonyl (C=O) groups is 2. The van der Waals surface area contributed by atoms with Gasteiger partial charge >= 0.3 is 5.97 Å². The van der Waals surface area contributed by atoms with Crippen molar-refractivity contribution in [2.45, 2.75) is 43.4 Å². The molecule has 1 saturated carbocycles. The van der Waals surface area contributed by atoms with Crippen molar-refractivity contribution in [3.05, 3.63) is 64.7 Å². The number of benzene rings is 2. The largest absolute Gasteiger partial charge is 0.452 e. The van der Waals surface area contributed by atoms with Gasteiger partial charge in [-0.2, -0.15) is 0 Å². The standard InChI is InChI=1S/C21H23NO3S/c1-14-6-9-19(15(2)10-14)26-13-16-4-3-5-17(11-16)21(24)25-12-20(23)22-18-7-8-18/h3-6,9-11,18H,7-8,12-13H2,1-2H3,(H,22,23). The quantitative estimate of drug-likeness (QED) is 0.591. The number of hydrogen-bond donors (Lipinski definition) is 1. The van der Waals surface area contributed by atoms with Crippen molar-refractivity contribution >= 4 is 23.6 Å². The minimum absolute atomic E-state index is 0.225. The fraction of sp³-hybridized carbons (Fsp3) is 0.333. The highest BCUT2D eigenvalue weighted by molar-refractivity contribution is 7.98. The molecule has 1 amide bonds. The molecule has 1 N–H and O–H groups in total. The minimum atomic E-state index is -0.464. The lowest BCUT2D eigenvalue weighted by atomic mass is 10.1.